The van der Waals surface area contributed by atoms with Crippen LogP contribution in [-0.2, 0) is 10.0 Å². The number of hydrogen-bond donors (Lipinski definition) is 1. The molecular weight excluding hydrogens is 408 g/mol. The zero-order valence-electron chi connectivity index (χ0n) is 16.8. The molecule has 0 spiro atoms. The molecule has 1 heterocycles. The Hall–Kier alpha value is -2.98. The van der Waals surface area contributed by atoms with Gasteiger partial charge in [0.1, 0.15) is 5.69 Å². The SMILES string of the molecule is CC(c1ccc(S(N)(=O)=O)cc1)N(C)C(=O)c1ccc(N2CCCC2)c([N+](=O)[O-])c1. The zero-order valence-corrected chi connectivity index (χ0v) is 17.6. The Morgan fingerprint density at radius 3 is 2.30 bits per heavy atom. The summed E-state index contributed by atoms with van der Waals surface area (Å²) in [6.45, 7) is 3.32. The maximum absolute atomic E-state index is 13.0. The molecule has 1 aliphatic heterocycles. The molecule has 30 heavy (non-hydrogen) atoms. The first-order chi connectivity index (χ1) is 14.1. The van der Waals surface area contributed by atoms with Crippen LogP contribution in [0.15, 0.2) is 47.4 Å². The van der Waals surface area contributed by atoms with Gasteiger partial charge in [0, 0.05) is 31.8 Å². The van der Waals surface area contributed by atoms with Gasteiger partial charge in [0.05, 0.1) is 15.9 Å². The monoisotopic (exact) mass is 432 g/mol. The van der Waals surface area contributed by atoms with Gasteiger partial charge in [0.15, 0.2) is 0 Å². The molecule has 1 atom stereocenters. The predicted molar refractivity (Wildman–Crippen MR) is 113 cm³/mol. The number of anilines is 1. The Morgan fingerprint density at radius 2 is 1.77 bits per heavy atom. The lowest BCUT2D eigenvalue weighted by atomic mass is 10.1. The number of rotatable bonds is 6. The van der Waals surface area contributed by atoms with Gasteiger partial charge in [-0.25, -0.2) is 13.6 Å². The normalized spacial score (nSPS) is 15.1. The number of carbonyl (C=O) groups is 1. The fraction of sp³-hybridized carbons (Fsp3) is 0.350. The first-order valence-electron chi connectivity index (χ1n) is 9.53. The van der Waals surface area contributed by atoms with Crippen molar-refractivity contribution in [3.05, 3.63) is 63.7 Å². The molecule has 9 nitrogen and oxygen atoms in total. The summed E-state index contributed by atoms with van der Waals surface area (Å²) in [5.41, 5.74) is 1.38. The van der Waals surface area contributed by atoms with E-state index in [4.69, 9.17) is 5.14 Å². The van der Waals surface area contributed by atoms with Gasteiger partial charge in [0.25, 0.3) is 11.6 Å². The van der Waals surface area contributed by atoms with E-state index in [1.165, 1.54) is 23.1 Å². The third kappa shape index (κ3) is 4.44. The van der Waals surface area contributed by atoms with Gasteiger partial charge in [-0.05, 0) is 49.6 Å². The highest BCUT2D eigenvalue weighted by molar-refractivity contribution is 7.89. The Morgan fingerprint density at radius 1 is 1.17 bits per heavy atom. The smallest absolute Gasteiger partial charge is 0.293 e. The van der Waals surface area contributed by atoms with E-state index in [1.54, 1.807) is 38.2 Å². The fourth-order valence-electron chi connectivity index (χ4n) is 3.57. The van der Waals surface area contributed by atoms with Crippen molar-refractivity contribution in [1.82, 2.24) is 4.90 Å². The van der Waals surface area contributed by atoms with Gasteiger partial charge in [0.2, 0.25) is 10.0 Å². The van der Waals surface area contributed by atoms with Crippen LogP contribution >= 0.6 is 0 Å². The second kappa shape index (κ2) is 8.41. The summed E-state index contributed by atoms with van der Waals surface area (Å²) in [5, 5.41) is 16.7. The molecule has 0 bridgehead atoms. The number of hydrogen-bond acceptors (Lipinski definition) is 6. The van der Waals surface area contributed by atoms with Crippen molar-refractivity contribution in [2.45, 2.75) is 30.7 Å². The summed E-state index contributed by atoms with van der Waals surface area (Å²) in [6.07, 6.45) is 1.98. The van der Waals surface area contributed by atoms with Crippen LogP contribution in [0.25, 0.3) is 0 Å². The van der Waals surface area contributed by atoms with E-state index in [1.807, 2.05) is 4.90 Å². The molecule has 1 saturated heterocycles. The maximum Gasteiger partial charge on any atom is 0.293 e. The standard InChI is InChI=1S/C20H24N4O5S/c1-14(15-5-8-17(9-6-15)30(21,28)29)22(2)20(25)16-7-10-18(19(13-16)24(26)27)23-11-3-4-12-23/h5-10,13-14H,3-4,11-12H2,1-2H3,(H2,21,28,29). The van der Waals surface area contributed by atoms with Crippen molar-refractivity contribution in [3.63, 3.8) is 0 Å². The summed E-state index contributed by atoms with van der Waals surface area (Å²) in [6, 6.07) is 10.1. The van der Waals surface area contributed by atoms with Crippen LogP contribution in [0, 0.1) is 10.1 Å². The molecule has 1 fully saturated rings. The van der Waals surface area contributed by atoms with Gasteiger partial charge in [-0.3, -0.25) is 14.9 Å². The average Bonchev–Trinajstić information content (AvgIpc) is 3.25. The van der Waals surface area contributed by atoms with Gasteiger partial charge in [-0.1, -0.05) is 12.1 Å². The molecule has 3 rings (SSSR count). The minimum absolute atomic E-state index is 0.0134. The fourth-order valence-corrected chi connectivity index (χ4v) is 4.08. The third-order valence-corrected chi connectivity index (χ3v) is 6.39. The Kier molecular flexibility index (Phi) is 6.09. The van der Waals surface area contributed by atoms with Crippen LogP contribution in [0.3, 0.4) is 0 Å². The number of nitro benzene ring substituents is 1. The van der Waals surface area contributed by atoms with Gasteiger partial charge < -0.3 is 9.80 Å². The molecule has 0 saturated carbocycles. The summed E-state index contributed by atoms with van der Waals surface area (Å²) >= 11 is 0. The minimum atomic E-state index is -3.80. The third-order valence-electron chi connectivity index (χ3n) is 5.46. The Labute approximate surface area is 175 Å². The number of sulfonamides is 1. The van der Waals surface area contributed by atoms with E-state index in [-0.39, 0.29) is 28.1 Å². The van der Waals surface area contributed by atoms with Crippen molar-refractivity contribution in [3.8, 4) is 0 Å². The number of nitro groups is 1. The summed E-state index contributed by atoms with van der Waals surface area (Å²) in [7, 11) is -2.20. The van der Waals surface area contributed by atoms with E-state index in [0.717, 1.165) is 25.9 Å². The van der Waals surface area contributed by atoms with Crippen LogP contribution in [0.1, 0.15) is 41.7 Å². The number of nitrogens with zero attached hydrogens (tertiary/aromatic N) is 3. The van der Waals surface area contributed by atoms with E-state index in [9.17, 15) is 23.3 Å². The lowest BCUT2D eigenvalue weighted by molar-refractivity contribution is -0.384. The molecule has 1 amide bonds. The number of nitrogens with two attached hydrogens (primary N) is 1. The molecule has 1 unspecified atom stereocenters. The van der Waals surface area contributed by atoms with Crippen molar-refractivity contribution < 1.29 is 18.1 Å². The molecule has 1 aliphatic rings. The molecule has 2 N–H and O–H groups in total. The van der Waals surface area contributed by atoms with Crippen LogP contribution < -0.4 is 10.0 Å². The van der Waals surface area contributed by atoms with Crippen molar-refractivity contribution >= 4 is 27.3 Å². The van der Waals surface area contributed by atoms with Gasteiger partial charge in [-0.2, -0.15) is 0 Å². The number of amides is 1. The van der Waals surface area contributed by atoms with Gasteiger partial charge in [-0.15, -0.1) is 0 Å². The van der Waals surface area contributed by atoms with E-state index in [0.29, 0.717) is 11.3 Å². The molecule has 0 radical (unpaired) electrons. The Balaban J connectivity index is 1.84. The quantitative estimate of drug-likeness (QED) is 0.552. The lowest BCUT2D eigenvalue weighted by Gasteiger charge is -2.26. The molecule has 2 aromatic carbocycles. The lowest BCUT2D eigenvalue weighted by Crippen LogP contribution is -2.30. The molecule has 0 aliphatic carbocycles. The van der Waals surface area contributed by atoms with Crippen molar-refractivity contribution in [2.24, 2.45) is 5.14 Å². The number of primary sulfonamides is 1. The zero-order chi connectivity index (χ0) is 22.1. The summed E-state index contributed by atoms with van der Waals surface area (Å²) in [5.74, 6) is -0.367. The average molecular weight is 433 g/mol. The topological polar surface area (TPSA) is 127 Å². The first-order valence-corrected chi connectivity index (χ1v) is 11.1. The van der Waals surface area contributed by atoms with Crippen LogP contribution in [0.5, 0.6) is 0 Å². The van der Waals surface area contributed by atoms with Crippen LogP contribution in [0.4, 0.5) is 11.4 Å². The predicted octanol–water partition coefficient (Wildman–Crippen LogP) is 2.68. The highest BCUT2D eigenvalue weighted by atomic mass is 32.2. The summed E-state index contributed by atoms with van der Waals surface area (Å²) < 4.78 is 22.8. The molecule has 10 heteroatoms. The van der Waals surface area contributed by atoms with E-state index < -0.39 is 14.9 Å². The van der Waals surface area contributed by atoms with E-state index in [2.05, 4.69) is 0 Å². The molecule has 160 valence electrons. The van der Waals surface area contributed by atoms with Crippen molar-refractivity contribution in [2.75, 3.05) is 25.0 Å². The van der Waals surface area contributed by atoms with Crippen LogP contribution in [-0.4, -0.2) is 44.3 Å². The molecular formula is C20H24N4O5S. The highest BCUT2D eigenvalue weighted by Crippen LogP contribution is 2.32. The molecule has 0 aromatic heterocycles. The Bertz CT molecular complexity index is 1060. The first kappa shape index (κ1) is 21.7. The molecule has 2 aromatic rings. The van der Waals surface area contributed by atoms with E-state index >= 15 is 0 Å². The maximum atomic E-state index is 13.0. The van der Waals surface area contributed by atoms with Gasteiger partial charge >= 0.3 is 0 Å². The largest absolute Gasteiger partial charge is 0.366 e. The summed E-state index contributed by atoms with van der Waals surface area (Å²) in [4.78, 5) is 27.5. The van der Waals surface area contributed by atoms with Crippen molar-refractivity contribution in [1.29, 1.82) is 0 Å². The second-order valence-electron chi connectivity index (χ2n) is 7.36. The second-order valence-corrected chi connectivity index (χ2v) is 8.92. The minimum Gasteiger partial charge on any atom is -0.366 e. The van der Waals surface area contributed by atoms with Crippen LogP contribution in [0.2, 0.25) is 0 Å². The number of carbonyl (C=O) groups excluding carboxylic acids is 1. The number of benzene rings is 2. The highest BCUT2D eigenvalue weighted by Gasteiger charge is 2.26.